The van der Waals surface area contributed by atoms with Crippen LogP contribution in [0.15, 0.2) is 18.2 Å². The Morgan fingerprint density at radius 3 is 2.77 bits per heavy atom. The van der Waals surface area contributed by atoms with Crippen molar-refractivity contribution in [3.8, 4) is 5.75 Å². The zero-order valence-corrected chi connectivity index (χ0v) is 7.37. The minimum Gasteiger partial charge on any atom is -0.506 e. The van der Waals surface area contributed by atoms with Crippen LogP contribution in [0.1, 0.15) is 0 Å². The minimum atomic E-state index is -4.08. The molecule has 0 amide bonds. The molecule has 3 N–H and O–H groups in total. The molecule has 0 bridgehead atoms. The first kappa shape index (κ1) is 9.82. The van der Waals surface area contributed by atoms with Crippen LogP contribution in [0, 0.1) is 6.07 Å². The Bertz CT molecular complexity index is 387. The van der Waals surface area contributed by atoms with E-state index in [1.54, 1.807) is 6.07 Å². The molecule has 0 saturated carbocycles. The highest BCUT2D eigenvalue weighted by Crippen LogP contribution is 2.20. The standard InChI is InChI=1S/C7H8NO4S/c9-7-4-2-1-3-6(7)8-5-13(10,11)12/h1-2,4,8-9H,5H2,(H,10,11,12). The van der Waals surface area contributed by atoms with Gasteiger partial charge < -0.3 is 10.4 Å². The molecule has 1 rings (SSSR count). The minimum absolute atomic E-state index is 0.119. The van der Waals surface area contributed by atoms with Crippen molar-refractivity contribution in [1.82, 2.24) is 0 Å². The molecule has 1 aromatic rings. The maximum absolute atomic E-state index is 10.3. The fourth-order valence-corrected chi connectivity index (χ4v) is 1.06. The topological polar surface area (TPSA) is 86.6 Å². The summed E-state index contributed by atoms with van der Waals surface area (Å²) >= 11 is 0. The average Bonchev–Trinajstić information content (AvgIpc) is 2.01. The summed E-state index contributed by atoms with van der Waals surface area (Å²) in [5.74, 6) is -0.771. The lowest BCUT2D eigenvalue weighted by atomic mass is 10.3. The van der Waals surface area contributed by atoms with Gasteiger partial charge in [-0.2, -0.15) is 8.42 Å². The average molecular weight is 202 g/mol. The highest BCUT2D eigenvalue weighted by molar-refractivity contribution is 7.85. The molecule has 0 unspecified atom stereocenters. The Balaban J connectivity index is 2.71. The van der Waals surface area contributed by atoms with E-state index in [2.05, 4.69) is 11.4 Å². The van der Waals surface area contributed by atoms with E-state index in [1.807, 2.05) is 0 Å². The Kier molecular flexibility index (Phi) is 2.74. The van der Waals surface area contributed by atoms with Crippen LogP contribution in [0.2, 0.25) is 0 Å². The number of aromatic hydroxyl groups is 1. The number of hydrogen-bond acceptors (Lipinski definition) is 4. The van der Waals surface area contributed by atoms with Crippen molar-refractivity contribution in [2.75, 3.05) is 11.2 Å². The Labute approximate surface area is 75.8 Å². The molecule has 0 atom stereocenters. The molecule has 0 heterocycles. The lowest BCUT2D eigenvalue weighted by Crippen LogP contribution is -2.12. The predicted octanol–water partition coefficient (Wildman–Crippen LogP) is 0.450. The van der Waals surface area contributed by atoms with Crippen molar-refractivity contribution in [1.29, 1.82) is 0 Å². The fraction of sp³-hybridized carbons (Fsp3) is 0.143. The van der Waals surface area contributed by atoms with Gasteiger partial charge in [-0.05, 0) is 6.07 Å². The zero-order chi connectivity index (χ0) is 9.90. The summed E-state index contributed by atoms with van der Waals surface area (Å²) in [5.41, 5.74) is 0.139. The largest absolute Gasteiger partial charge is 0.506 e. The van der Waals surface area contributed by atoms with Crippen LogP contribution in [-0.2, 0) is 10.1 Å². The summed E-state index contributed by atoms with van der Waals surface area (Å²) in [6.45, 7) is 0. The van der Waals surface area contributed by atoms with Gasteiger partial charge in [-0.25, -0.2) is 0 Å². The van der Waals surface area contributed by atoms with Crippen molar-refractivity contribution in [2.24, 2.45) is 0 Å². The second kappa shape index (κ2) is 3.63. The molecule has 5 nitrogen and oxygen atoms in total. The number of hydrogen-bond donors (Lipinski definition) is 3. The zero-order valence-electron chi connectivity index (χ0n) is 6.56. The highest BCUT2D eigenvalue weighted by Gasteiger charge is 2.05. The third kappa shape index (κ3) is 3.30. The van der Waals surface area contributed by atoms with Crippen LogP contribution in [-0.4, -0.2) is 24.0 Å². The number of phenols is 1. The monoisotopic (exact) mass is 202 g/mol. The van der Waals surface area contributed by atoms with Gasteiger partial charge in [0.2, 0.25) is 0 Å². The number of rotatable bonds is 3. The van der Waals surface area contributed by atoms with Crippen LogP contribution >= 0.6 is 0 Å². The van der Waals surface area contributed by atoms with Crippen LogP contribution in [0.4, 0.5) is 5.69 Å². The van der Waals surface area contributed by atoms with E-state index in [0.29, 0.717) is 0 Å². The normalized spacial score (nSPS) is 11.2. The quantitative estimate of drug-likeness (QED) is 0.489. The first-order valence-electron chi connectivity index (χ1n) is 3.38. The fourth-order valence-electron chi connectivity index (χ4n) is 0.733. The molecular formula is C7H8NO4S. The lowest BCUT2D eigenvalue weighted by molar-refractivity contribution is 0.476. The smallest absolute Gasteiger partial charge is 0.283 e. The maximum atomic E-state index is 10.3. The van der Waals surface area contributed by atoms with Gasteiger partial charge >= 0.3 is 0 Å². The molecule has 1 radical (unpaired) electrons. The summed E-state index contributed by atoms with van der Waals surface area (Å²) in [7, 11) is -4.08. The van der Waals surface area contributed by atoms with E-state index in [9.17, 15) is 8.42 Å². The second-order valence-corrected chi connectivity index (χ2v) is 3.79. The molecule has 0 aliphatic rings. The van der Waals surface area contributed by atoms with Crippen molar-refractivity contribution in [3.63, 3.8) is 0 Å². The van der Waals surface area contributed by atoms with Crippen molar-refractivity contribution in [2.45, 2.75) is 0 Å². The Morgan fingerprint density at radius 1 is 1.54 bits per heavy atom. The summed E-state index contributed by atoms with van der Waals surface area (Å²) in [4.78, 5) is 0. The number of benzene rings is 1. The summed E-state index contributed by atoms with van der Waals surface area (Å²) < 4.78 is 29.0. The number of anilines is 1. The molecule has 0 aliphatic carbocycles. The van der Waals surface area contributed by atoms with Crippen LogP contribution in [0.25, 0.3) is 0 Å². The first-order chi connectivity index (χ1) is 5.99. The molecule has 13 heavy (non-hydrogen) atoms. The van der Waals surface area contributed by atoms with Gasteiger partial charge in [-0.1, -0.05) is 12.1 Å². The number of para-hydroxylation sites is 1. The SMILES string of the molecule is O=S(=O)(O)CNc1[c]cccc1O. The van der Waals surface area contributed by atoms with E-state index in [-0.39, 0.29) is 11.4 Å². The number of nitrogens with one attached hydrogen (secondary N) is 1. The molecule has 71 valence electrons. The summed E-state index contributed by atoms with van der Waals surface area (Å²) in [6.07, 6.45) is 0. The molecular weight excluding hydrogens is 194 g/mol. The van der Waals surface area contributed by atoms with Gasteiger partial charge in [0.05, 0.1) is 5.69 Å². The van der Waals surface area contributed by atoms with Gasteiger partial charge in [-0.3, -0.25) is 4.55 Å². The van der Waals surface area contributed by atoms with Gasteiger partial charge in [0.25, 0.3) is 10.1 Å². The first-order valence-corrected chi connectivity index (χ1v) is 4.98. The summed E-state index contributed by atoms with van der Waals surface area (Å²) in [6, 6.07) is 7.01. The Hall–Kier alpha value is -1.27. The van der Waals surface area contributed by atoms with Crippen LogP contribution in [0.5, 0.6) is 5.75 Å². The maximum Gasteiger partial charge on any atom is 0.283 e. The molecule has 0 aliphatic heterocycles. The third-order valence-corrected chi connectivity index (χ3v) is 1.77. The van der Waals surface area contributed by atoms with Gasteiger partial charge in [0.1, 0.15) is 11.6 Å². The van der Waals surface area contributed by atoms with E-state index in [0.717, 1.165) is 0 Å². The van der Waals surface area contributed by atoms with Crippen molar-refractivity contribution in [3.05, 3.63) is 24.3 Å². The molecule has 0 aromatic heterocycles. The third-order valence-electron chi connectivity index (χ3n) is 1.27. The second-order valence-electron chi connectivity index (χ2n) is 2.33. The molecule has 0 spiro atoms. The summed E-state index contributed by atoms with van der Waals surface area (Å²) in [5, 5.41) is 11.4. The van der Waals surface area contributed by atoms with Crippen molar-refractivity contribution < 1.29 is 18.1 Å². The predicted molar refractivity (Wildman–Crippen MR) is 47.0 cm³/mol. The number of phenolic OH excluding ortho intramolecular Hbond substituents is 1. The van der Waals surface area contributed by atoms with Crippen molar-refractivity contribution >= 4 is 15.8 Å². The van der Waals surface area contributed by atoms with E-state index < -0.39 is 16.0 Å². The van der Waals surface area contributed by atoms with Crippen LogP contribution in [0.3, 0.4) is 0 Å². The van der Waals surface area contributed by atoms with Crippen LogP contribution < -0.4 is 5.32 Å². The highest BCUT2D eigenvalue weighted by atomic mass is 32.2. The molecule has 0 saturated heterocycles. The van der Waals surface area contributed by atoms with E-state index >= 15 is 0 Å². The molecule has 6 heteroatoms. The van der Waals surface area contributed by atoms with E-state index in [1.165, 1.54) is 12.1 Å². The molecule has 0 fully saturated rings. The lowest BCUT2D eigenvalue weighted by Gasteiger charge is -2.04. The van der Waals surface area contributed by atoms with Gasteiger partial charge in [-0.15, -0.1) is 0 Å². The Morgan fingerprint density at radius 2 is 2.23 bits per heavy atom. The van der Waals surface area contributed by atoms with E-state index in [4.69, 9.17) is 9.66 Å². The van der Waals surface area contributed by atoms with Gasteiger partial charge in [0, 0.05) is 6.07 Å². The van der Waals surface area contributed by atoms with Gasteiger partial charge in [0.15, 0.2) is 0 Å². The molecule has 1 aromatic carbocycles.